The molecule has 0 spiro atoms. The molecule has 0 aliphatic carbocycles. The number of ether oxygens (including phenoxy) is 1. The lowest BCUT2D eigenvalue weighted by Gasteiger charge is -2.17. The van der Waals surface area contributed by atoms with Gasteiger partial charge in [-0.2, -0.15) is 0 Å². The fourth-order valence-corrected chi connectivity index (χ4v) is 2.46. The Hall–Kier alpha value is -0.700. The van der Waals surface area contributed by atoms with Crippen LogP contribution in [0.15, 0.2) is 5.38 Å². The van der Waals surface area contributed by atoms with Crippen LogP contribution in [0.1, 0.15) is 25.3 Å². The molecule has 1 aromatic rings. The summed E-state index contributed by atoms with van der Waals surface area (Å²) < 4.78 is 5.51. The summed E-state index contributed by atoms with van der Waals surface area (Å²) in [5.74, 6) is 0.583. The molecule has 1 aromatic heterocycles. The maximum absolute atomic E-state index is 5.51. The minimum Gasteiger partial charge on any atom is -0.481 e. The zero-order valence-corrected chi connectivity index (χ0v) is 8.20. The lowest BCUT2D eigenvalue weighted by molar-refractivity contribution is 0.333. The molecule has 2 heterocycles. The summed E-state index contributed by atoms with van der Waals surface area (Å²) in [5, 5.41) is 6.63. The van der Waals surface area contributed by atoms with Crippen LogP contribution in [0.25, 0.3) is 0 Å². The van der Waals surface area contributed by atoms with Crippen molar-refractivity contribution < 1.29 is 4.74 Å². The highest BCUT2D eigenvalue weighted by molar-refractivity contribution is 7.12. The summed E-state index contributed by atoms with van der Waals surface area (Å²) in [6.45, 7) is 6.14. The molecule has 2 rings (SSSR count). The van der Waals surface area contributed by atoms with Crippen LogP contribution in [0.2, 0.25) is 0 Å². The van der Waals surface area contributed by atoms with Gasteiger partial charge in [0.1, 0.15) is 6.61 Å². The van der Waals surface area contributed by atoms with Gasteiger partial charge in [-0.15, -0.1) is 11.3 Å². The van der Waals surface area contributed by atoms with Gasteiger partial charge in [-0.3, -0.25) is 0 Å². The van der Waals surface area contributed by atoms with E-state index in [0.29, 0.717) is 5.92 Å². The van der Waals surface area contributed by atoms with Crippen molar-refractivity contribution in [2.75, 3.05) is 18.5 Å². The first-order valence-corrected chi connectivity index (χ1v) is 5.15. The molecule has 1 N–H and O–H groups in total. The average molecular weight is 183 g/mol. The molecule has 2 nitrogen and oxygen atoms in total. The van der Waals surface area contributed by atoms with Gasteiger partial charge >= 0.3 is 0 Å². The second-order valence-corrected chi connectivity index (χ2v) is 4.13. The smallest absolute Gasteiger partial charge is 0.197 e. The van der Waals surface area contributed by atoms with Gasteiger partial charge in [0.25, 0.3) is 0 Å². The zero-order valence-electron chi connectivity index (χ0n) is 7.39. The minimum atomic E-state index is 0.583. The van der Waals surface area contributed by atoms with Crippen LogP contribution in [0.4, 0.5) is 5.69 Å². The molecule has 0 saturated heterocycles. The summed E-state index contributed by atoms with van der Waals surface area (Å²) in [7, 11) is 0. The van der Waals surface area contributed by atoms with Crippen LogP contribution in [0.5, 0.6) is 5.06 Å². The fraction of sp³-hybridized carbons (Fsp3) is 0.556. The molecule has 0 amide bonds. The predicted octanol–water partition coefficient (Wildman–Crippen LogP) is 2.68. The Kier molecular flexibility index (Phi) is 1.97. The average Bonchev–Trinajstić information content (AvgIpc) is 2.47. The molecule has 1 aliphatic rings. The molecule has 0 bridgehead atoms. The van der Waals surface area contributed by atoms with E-state index in [2.05, 4.69) is 24.5 Å². The first-order valence-electron chi connectivity index (χ1n) is 4.27. The molecule has 66 valence electrons. The van der Waals surface area contributed by atoms with Gasteiger partial charge in [-0.05, 0) is 11.5 Å². The van der Waals surface area contributed by atoms with Crippen molar-refractivity contribution in [1.29, 1.82) is 0 Å². The van der Waals surface area contributed by atoms with Gasteiger partial charge < -0.3 is 10.1 Å². The molecule has 0 saturated carbocycles. The molecule has 12 heavy (non-hydrogen) atoms. The standard InChI is InChI=1S/C9H13NOS/c1-6(2)7-5-12-9-8(7)10-3-4-11-9/h5-6,10H,3-4H2,1-2H3. The topological polar surface area (TPSA) is 21.3 Å². The second-order valence-electron chi connectivity index (χ2n) is 3.28. The van der Waals surface area contributed by atoms with E-state index in [1.807, 2.05) is 0 Å². The maximum Gasteiger partial charge on any atom is 0.197 e. The molecular weight excluding hydrogens is 170 g/mol. The van der Waals surface area contributed by atoms with E-state index in [-0.39, 0.29) is 0 Å². The largest absolute Gasteiger partial charge is 0.481 e. The quantitative estimate of drug-likeness (QED) is 0.722. The second kappa shape index (κ2) is 2.98. The van der Waals surface area contributed by atoms with Crippen molar-refractivity contribution in [2.45, 2.75) is 19.8 Å². The van der Waals surface area contributed by atoms with Crippen LogP contribution in [-0.4, -0.2) is 13.2 Å². The van der Waals surface area contributed by atoms with E-state index >= 15 is 0 Å². The Labute approximate surface area is 76.6 Å². The van der Waals surface area contributed by atoms with E-state index in [9.17, 15) is 0 Å². The normalized spacial score (nSPS) is 15.2. The highest BCUT2D eigenvalue weighted by atomic mass is 32.1. The van der Waals surface area contributed by atoms with Crippen LogP contribution in [0, 0.1) is 0 Å². The van der Waals surface area contributed by atoms with Gasteiger partial charge in [-0.1, -0.05) is 13.8 Å². The third-order valence-electron chi connectivity index (χ3n) is 2.04. The van der Waals surface area contributed by atoms with Gasteiger partial charge in [-0.25, -0.2) is 0 Å². The number of hydrogen-bond acceptors (Lipinski definition) is 3. The lowest BCUT2D eigenvalue weighted by Crippen LogP contribution is -2.17. The number of rotatable bonds is 1. The first-order chi connectivity index (χ1) is 5.79. The Morgan fingerprint density at radius 2 is 2.42 bits per heavy atom. The molecule has 3 heteroatoms. The van der Waals surface area contributed by atoms with E-state index in [1.54, 1.807) is 11.3 Å². The Balaban J connectivity index is 2.38. The number of nitrogens with one attached hydrogen (secondary N) is 1. The van der Waals surface area contributed by atoms with Crippen molar-refractivity contribution in [2.24, 2.45) is 0 Å². The first kappa shape index (κ1) is 7.92. The van der Waals surface area contributed by atoms with Gasteiger partial charge in [0, 0.05) is 11.9 Å². The highest BCUT2D eigenvalue weighted by Crippen LogP contribution is 2.40. The molecule has 0 aromatic carbocycles. The van der Waals surface area contributed by atoms with Gasteiger partial charge in [0.2, 0.25) is 0 Å². The molecule has 0 atom stereocenters. The number of fused-ring (bicyclic) bond motifs is 1. The van der Waals surface area contributed by atoms with Crippen LogP contribution >= 0.6 is 11.3 Å². The van der Waals surface area contributed by atoms with Crippen LogP contribution in [-0.2, 0) is 0 Å². The molecular formula is C9H13NOS. The van der Waals surface area contributed by atoms with Crippen molar-refractivity contribution in [3.05, 3.63) is 10.9 Å². The van der Waals surface area contributed by atoms with E-state index in [0.717, 1.165) is 18.2 Å². The maximum atomic E-state index is 5.51. The molecule has 0 radical (unpaired) electrons. The molecule has 0 fully saturated rings. The molecule has 0 unspecified atom stereocenters. The van der Waals surface area contributed by atoms with Crippen molar-refractivity contribution in [1.82, 2.24) is 0 Å². The molecule has 1 aliphatic heterocycles. The van der Waals surface area contributed by atoms with Crippen molar-refractivity contribution >= 4 is 17.0 Å². The Bertz CT molecular complexity index is 280. The van der Waals surface area contributed by atoms with Crippen molar-refractivity contribution in [3.8, 4) is 5.06 Å². The number of hydrogen-bond donors (Lipinski definition) is 1. The minimum absolute atomic E-state index is 0.583. The summed E-state index contributed by atoms with van der Waals surface area (Å²) in [4.78, 5) is 0. The lowest BCUT2D eigenvalue weighted by atomic mass is 10.1. The van der Waals surface area contributed by atoms with E-state index in [4.69, 9.17) is 4.74 Å². The van der Waals surface area contributed by atoms with Crippen LogP contribution < -0.4 is 10.1 Å². The predicted molar refractivity (Wildman–Crippen MR) is 52.4 cm³/mol. The number of anilines is 1. The van der Waals surface area contributed by atoms with Gasteiger partial charge in [0.05, 0.1) is 5.69 Å². The van der Waals surface area contributed by atoms with E-state index in [1.165, 1.54) is 11.3 Å². The fourth-order valence-electron chi connectivity index (χ4n) is 1.38. The van der Waals surface area contributed by atoms with Crippen LogP contribution in [0.3, 0.4) is 0 Å². The Morgan fingerprint density at radius 1 is 1.58 bits per heavy atom. The zero-order chi connectivity index (χ0) is 8.55. The third-order valence-corrected chi connectivity index (χ3v) is 2.95. The van der Waals surface area contributed by atoms with Crippen molar-refractivity contribution in [3.63, 3.8) is 0 Å². The summed E-state index contributed by atoms with van der Waals surface area (Å²) >= 11 is 1.70. The SMILES string of the molecule is CC(C)c1csc2c1NCCO2. The highest BCUT2D eigenvalue weighted by Gasteiger charge is 2.17. The number of thiophene rings is 1. The Morgan fingerprint density at radius 3 is 3.17 bits per heavy atom. The third kappa shape index (κ3) is 1.18. The summed E-state index contributed by atoms with van der Waals surface area (Å²) in [6.07, 6.45) is 0. The summed E-state index contributed by atoms with van der Waals surface area (Å²) in [6, 6.07) is 0. The van der Waals surface area contributed by atoms with E-state index < -0.39 is 0 Å². The summed E-state index contributed by atoms with van der Waals surface area (Å²) in [5.41, 5.74) is 2.61. The van der Waals surface area contributed by atoms with Gasteiger partial charge in [0.15, 0.2) is 5.06 Å². The monoisotopic (exact) mass is 183 g/mol.